The molecule has 0 amide bonds. The Bertz CT molecular complexity index is 327. The Morgan fingerprint density at radius 2 is 2.31 bits per heavy atom. The van der Waals surface area contributed by atoms with Crippen LogP contribution in [0, 0.1) is 0 Å². The summed E-state index contributed by atoms with van der Waals surface area (Å²) in [5, 5.41) is 10.2. The Kier molecular flexibility index (Phi) is 2.67. The fraction of sp³-hybridized carbons (Fsp3) is 0.400. The first kappa shape index (κ1) is 9.56. The molecule has 1 aromatic carbocycles. The number of aliphatic hydroxyl groups is 1. The Morgan fingerprint density at radius 1 is 1.54 bits per heavy atom. The smallest absolute Gasteiger partial charge is 0.0909 e. The van der Waals surface area contributed by atoms with Crippen molar-refractivity contribution in [3.8, 4) is 0 Å². The van der Waals surface area contributed by atoms with Crippen LogP contribution in [-0.4, -0.2) is 10.4 Å². The quantitative estimate of drug-likeness (QED) is 0.772. The van der Waals surface area contributed by atoms with Gasteiger partial charge in [-0.05, 0) is 17.2 Å². The molecule has 1 N–H and O–H groups in total. The van der Waals surface area contributed by atoms with E-state index in [-0.39, 0.29) is 6.10 Å². The number of aliphatic hydroxyl groups excluding tert-OH is 1. The number of benzene rings is 1. The molecule has 1 aliphatic rings. The van der Waals surface area contributed by atoms with Gasteiger partial charge in [0.05, 0.1) is 6.10 Å². The lowest BCUT2D eigenvalue weighted by Crippen LogP contribution is -2.18. The van der Waals surface area contributed by atoms with Crippen LogP contribution in [0.25, 0.3) is 0 Å². The molecule has 0 bridgehead atoms. The molecule has 1 aromatic rings. The molecule has 2 atom stereocenters. The highest BCUT2D eigenvalue weighted by Gasteiger charge is 2.25. The summed E-state index contributed by atoms with van der Waals surface area (Å²) in [6, 6.07) is 6.03. The number of fused-ring (bicyclic) bond motifs is 1. The van der Waals surface area contributed by atoms with E-state index in [1.54, 1.807) is 11.8 Å². The van der Waals surface area contributed by atoms with Crippen molar-refractivity contribution >= 4 is 27.7 Å². The molecule has 0 saturated heterocycles. The van der Waals surface area contributed by atoms with Crippen molar-refractivity contribution in [1.82, 2.24) is 0 Å². The third-order valence-electron chi connectivity index (χ3n) is 2.41. The van der Waals surface area contributed by atoms with E-state index >= 15 is 0 Å². The lowest BCUT2D eigenvalue weighted by Gasteiger charge is -2.27. The highest BCUT2D eigenvalue weighted by atomic mass is 79.9. The molecular weight excluding hydrogens is 248 g/mol. The van der Waals surface area contributed by atoms with Crippen LogP contribution in [0.5, 0.6) is 0 Å². The van der Waals surface area contributed by atoms with Gasteiger partial charge in [0, 0.05) is 15.5 Å². The fourth-order valence-corrected chi connectivity index (χ4v) is 3.35. The van der Waals surface area contributed by atoms with E-state index in [2.05, 4.69) is 22.9 Å². The molecular formula is C10H11BrOS. The van der Waals surface area contributed by atoms with Gasteiger partial charge in [0.2, 0.25) is 0 Å². The second kappa shape index (κ2) is 3.64. The molecule has 0 spiro atoms. The van der Waals surface area contributed by atoms with Gasteiger partial charge >= 0.3 is 0 Å². The van der Waals surface area contributed by atoms with Gasteiger partial charge in [0.25, 0.3) is 0 Å². The molecule has 13 heavy (non-hydrogen) atoms. The minimum Gasteiger partial charge on any atom is -0.387 e. The summed E-state index contributed by atoms with van der Waals surface area (Å²) in [7, 11) is 0. The standard InChI is InChI=1S/C10H11BrOS/c1-6-10(12)7-3-2-4-9(11)8(7)5-13-6/h2-4,6,10,12H,5H2,1H3. The van der Waals surface area contributed by atoms with Gasteiger partial charge in [-0.25, -0.2) is 0 Å². The van der Waals surface area contributed by atoms with Crippen LogP contribution < -0.4 is 0 Å². The van der Waals surface area contributed by atoms with Crippen LogP contribution in [0.1, 0.15) is 24.2 Å². The van der Waals surface area contributed by atoms with E-state index in [0.717, 1.165) is 15.8 Å². The highest BCUT2D eigenvalue weighted by Crippen LogP contribution is 2.39. The van der Waals surface area contributed by atoms with Gasteiger partial charge in [-0.15, -0.1) is 0 Å². The molecule has 0 fully saturated rings. The maximum atomic E-state index is 9.91. The number of hydrogen-bond acceptors (Lipinski definition) is 2. The number of rotatable bonds is 0. The van der Waals surface area contributed by atoms with Crippen LogP contribution in [0.15, 0.2) is 22.7 Å². The molecule has 1 aliphatic heterocycles. The molecule has 2 rings (SSSR count). The molecule has 3 heteroatoms. The monoisotopic (exact) mass is 258 g/mol. The van der Waals surface area contributed by atoms with Crippen molar-refractivity contribution in [2.75, 3.05) is 0 Å². The molecule has 0 saturated carbocycles. The molecule has 0 aliphatic carbocycles. The van der Waals surface area contributed by atoms with E-state index in [0.29, 0.717) is 5.25 Å². The maximum absolute atomic E-state index is 9.91. The topological polar surface area (TPSA) is 20.2 Å². The highest BCUT2D eigenvalue weighted by molar-refractivity contribution is 9.10. The lowest BCUT2D eigenvalue weighted by atomic mass is 10.0. The normalized spacial score (nSPS) is 27.0. The van der Waals surface area contributed by atoms with Gasteiger partial charge in [-0.3, -0.25) is 0 Å². The maximum Gasteiger partial charge on any atom is 0.0909 e. The first-order valence-electron chi connectivity index (χ1n) is 4.27. The predicted molar refractivity (Wildman–Crippen MR) is 59.9 cm³/mol. The lowest BCUT2D eigenvalue weighted by molar-refractivity contribution is 0.177. The van der Waals surface area contributed by atoms with E-state index in [1.807, 2.05) is 18.2 Å². The van der Waals surface area contributed by atoms with Gasteiger partial charge in [0.15, 0.2) is 0 Å². The van der Waals surface area contributed by atoms with E-state index in [4.69, 9.17) is 0 Å². The van der Waals surface area contributed by atoms with Crippen molar-refractivity contribution in [2.45, 2.75) is 24.0 Å². The van der Waals surface area contributed by atoms with Crippen molar-refractivity contribution in [3.05, 3.63) is 33.8 Å². The van der Waals surface area contributed by atoms with Crippen LogP contribution in [0.3, 0.4) is 0 Å². The van der Waals surface area contributed by atoms with Crippen molar-refractivity contribution in [3.63, 3.8) is 0 Å². The molecule has 0 aromatic heterocycles. The van der Waals surface area contributed by atoms with E-state index < -0.39 is 0 Å². The summed E-state index contributed by atoms with van der Waals surface area (Å²) in [5.74, 6) is 0.995. The SMILES string of the molecule is CC1SCc2c(Br)cccc2C1O. The second-order valence-corrected chi connectivity index (χ2v) is 5.49. The predicted octanol–water partition coefficient (Wildman–Crippen LogP) is 3.12. The van der Waals surface area contributed by atoms with Crippen LogP contribution >= 0.6 is 27.7 Å². The van der Waals surface area contributed by atoms with Crippen molar-refractivity contribution in [2.24, 2.45) is 0 Å². The van der Waals surface area contributed by atoms with E-state index in [9.17, 15) is 5.11 Å². The Morgan fingerprint density at radius 3 is 3.08 bits per heavy atom. The molecule has 0 radical (unpaired) electrons. The zero-order valence-electron chi connectivity index (χ0n) is 7.33. The minimum atomic E-state index is -0.314. The summed E-state index contributed by atoms with van der Waals surface area (Å²) in [6.07, 6.45) is -0.314. The van der Waals surface area contributed by atoms with Crippen LogP contribution in [0.4, 0.5) is 0 Å². The average molecular weight is 259 g/mol. The third-order valence-corrected chi connectivity index (χ3v) is 4.39. The molecule has 1 nitrogen and oxygen atoms in total. The fourth-order valence-electron chi connectivity index (χ4n) is 1.56. The molecule has 70 valence electrons. The summed E-state index contributed by atoms with van der Waals surface area (Å²) in [6.45, 7) is 2.07. The first-order valence-corrected chi connectivity index (χ1v) is 6.11. The largest absolute Gasteiger partial charge is 0.387 e. The summed E-state index contributed by atoms with van der Waals surface area (Å²) in [5.41, 5.74) is 2.33. The first-order chi connectivity index (χ1) is 6.20. The molecule has 1 heterocycles. The zero-order chi connectivity index (χ0) is 9.42. The Labute approximate surface area is 90.7 Å². The third kappa shape index (κ3) is 1.65. The summed E-state index contributed by atoms with van der Waals surface area (Å²) >= 11 is 5.31. The van der Waals surface area contributed by atoms with E-state index in [1.165, 1.54) is 5.56 Å². The van der Waals surface area contributed by atoms with Crippen LogP contribution in [-0.2, 0) is 5.75 Å². The number of hydrogen-bond donors (Lipinski definition) is 1. The number of halogens is 1. The zero-order valence-corrected chi connectivity index (χ0v) is 9.73. The summed E-state index contributed by atoms with van der Waals surface area (Å²) in [4.78, 5) is 0. The van der Waals surface area contributed by atoms with Gasteiger partial charge in [-0.1, -0.05) is 35.0 Å². The minimum absolute atomic E-state index is 0.307. The Balaban J connectivity index is 2.49. The van der Waals surface area contributed by atoms with Crippen LogP contribution in [0.2, 0.25) is 0 Å². The average Bonchev–Trinajstić information content (AvgIpc) is 2.12. The van der Waals surface area contributed by atoms with Gasteiger partial charge in [-0.2, -0.15) is 11.8 Å². The molecule has 2 unspecified atom stereocenters. The number of thioether (sulfide) groups is 1. The summed E-state index contributed by atoms with van der Waals surface area (Å²) < 4.78 is 1.11. The van der Waals surface area contributed by atoms with Crippen molar-refractivity contribution < 1.29 is 5.11 Å². The van der Waals surface area contributed by atoms with Gasteiger partial charge in [0.1, 0.15) is 0 Å². The second-order valence-electron chi connectivity index (χ2n) is 3.27. The Hall–Kier alpha value is 0.01000. The van der Waals surface area contributed by atoms with Crippen molar-refractivity contribution in [1.29, 1.82) is 0 Å². The van der Waals surface area contributed by atoms with Gasteiger partial charge < -0.3 is 5.11 Å².